The highest BCUT2D eigenvalue weighted by atomic mass is 16.2. The highest BCUT2D eigenvalue weighted by molar-refractivity contribution is 5.93. The number of amides is 2. The Kier molecular flexibility index (Phi) is 4.16. The van der Waals surface area contributed by atoms with E-state index >= 15 is 0 Å². The summed E-state index contributed by atoms with van der Waals surface area (Å²) < 4.78 is 0. The van der Waals surface area contributed by atoms with Crippen LogP contribution in [0.5, 0.6) is 0 Å². The maximum atomic E-state index is 12.3. The van der Waals surface area contributed by atoms with Crippen molar-refractivity contribution in [2.45, 2.75) is 51.1 Å². The molecule has 0 saturated heterocycles. The van der Waals surface area contributed by atoms with Gasteiger partial charge in [-0.1, -0.05) is 12.1 Å². The summed E-state index contributed by atoms with van der Waals surface area (Å²) >= 11 is 0. The Morgan fingerprint density at radius 1 is 1.36 bits per heavy atom. The number of anilines is 1. The van der Waals surface area contributed by atoms with E-state index in [1.54, 1.807) is 0 Å². The third kappa shape index (κ3) is 3.14. The van der Waals surface area contributed by atoms with Crippen LogP contribution in [0.1, 0.15) is 49.8 Å². The van der Waals surface area contributed by atoms with E-state index in [0.717, 1.165) is 42.5 Å². The van der Waals surface area contributed by atoms with Crippen LogP contribution in [0.15, 0.2) is 18.2 Å². The molecule has 0 bridgehead atoms. The lowest BCUT2D eigenvalue weighted by atomic mass is 9.97. The fraction of sp³-hybridized carbons (Fsp3) is 0.529. The van der Waals surface area contributed by atoms with Crippen molar-refractivity contribution in [3.05, 3.63) is 29.3 Å². The number of aryl methyl sites for hydroxylation is 1. The highest BCUT2D eigenvalue weighted by Crippen LogP contribution is 2.28. The second-order valence-corrected chi connectivity index (χ2v) is 6.47. The van der Waals surface area contributed by atoms with Crippen molar-refractivity contribution < 1.29 is 9.59 Å². The smallest absolute Gasteiger partial charge is 0.224 e. The minimum absolute atomic E-state index is 0.0350. The van der Waals surface area contributed by atoms with Gasteiger partial charge in [0.1, 0.15) is 0 Å². The average molecular weight is 301 g/mol. The summed E-state index contributed by atoms with van der Waals surface area (Å²) in [5.74, 6) is 0.222. The zero-order valence-electron chi connectivity index (χ0n) is 12.9. The Hall–Kier alpha value is -1.88. The van der Waals surface area contributed by atoms with Crippen molar-refractivity contribution in [2.75, 3.05) is 5.32 Å². The van der Waals surface area contributed by atoms with Crippen LogP contribution in [0.2, 0.25) is 0 Å². The van der Waals surface area contributed by atoms with Gasteiger partial charge in [-0.2, -0.15) is 0 Å². The van der Waals surface area contributed by atoms with Gasteiger partial charge in [-0.05, 0) is 49.8 Å². The monoisotopic (exact) mass is 301 g/mol. The topological polar surface area (TPSA) is 84.2 Å². The van der Waals surface area contributed by atoms with E-state index in [-0.39, 0.29) is 29.8 Å². The zero-order chi connectivity index (χ0) is 15.7. The lowest BCUT2D eigenvalue weighted by Gasteiger charge is -2.21. The standard InChI is InChI=1S/C17H23N3O2/c1-10(19-17(22)13-2-5-14(18)9-13)11-3-6-15-12(8-11)4-7-16(21)20-15/h3,6,8,10,13-14H,2,4-5,7,9,18H2,1H3,(H,19,22)(H,20,21). The maximum Gasteiger partial charge on any atom is 0.224 e. The number of carbonyl (C=O) groups is 2. The molecule has 2 aliphatic rings. The third-order valence-corrected chi connectivity index (χ3v) is 4.73. The van der Waals surface area contributed by atoms with Gasteiger partial charge in [0.25, 0.3) is 0 Å². The maximum absolute atomic E-state index is 12.3. The number of fused-ring (bicyclic) bond motifs is 1. The molecule has 3 rings (SSSR count). The predicted molar refractivity (Wildman–Crippen MR) is 85.3 cm³/mol. The number of benzene rings is 1. The van der Waals surface area contributed by atoms with E-state index in [0.29, 0.717) is 6.42 Å². The fourth-order valence-electron chi connectivity index (χ4n) is 3.34. The first-order chi connectivity index (χ1) is 10.5. The minimum atomic E-state index is -0.0350. The van der Waals surface area contributed by atoms with E-state index in [1.165, 1.54) is 0 Å². The second-order valence-electron chi connectivity index (χ2n) is 6.47. The summed E-state index contributed by atoms with van der Waals surface area (Å²) in [6, 6.07) is 6.11. The van der Waals surface area contributed by atoms with E-state index in [2.05, 4.69) is 16.7 Å². The first kappa shape index (κ1) is 15.0. The van der Waals surface area contributed by atoms with Gasteiger partial charge in [0.15, 0.2) is 0 Å². The fourth-order valence-corrected chi connectivity index (χ4v) is 3.34. The molecule has 2 amide bonds. The number of hydrogen-bond acceptors (Lipinski definition) is 3. The van der Waals surface area contributed by atoms with Gasteiger partial charge in [0.05, 0.1) is 6.04 Å². The number of nitrogens with two attached hydrogens (primary N) is 1. The predicted octanol–water partition coefficient (Wildman–Crippen LogP) is 1.88. The SMILES string of the molecule is CC(NC(=O)C1CCC(N)C1)c1ccc2c(c1)CCC(=O)N2. The highest BCUT2D eigenvalue weighted by Gasteiger charge is 2.28. The average Bonchev–Trinajstić information content (AvgIpc) is 2.93. The summed E-state index contributed by atoms with van der Waals surface area (Å²) in [6.45, 7) is 2.00. The van der Waals surface area contributed by atoms with Crippen LogP contribution in [0.4, 0.5) is 5.69 Å². The molecule has 4 N–H and O–H groups in total. The molecular formula is C17H23N3O2. The van der Waals surface area contributed by atoms with E-state index < -0.39 is 0 Å². The van der Waals surface area contributed by atoms with Gasteiger partial charge in [-0.3, -0.25) is 9.59 Å². The van der Waals surface area contributed by atoms with E-state index in [9.17, 15) is 9.59 Å². The van der Waals surface area contributed by atoms with E-state index in [1.807, 2.05) is 19.1 Å². The molecule has 0 spiro atoms. The molecular weight excluding hydrogens is 278 g/mol. The Morgan fingerprint density at radius 2 is 2.18 bits per heavy atom. The van der Waals surface area contributed by atoms with Crippen LogP contribution >= 0.6 is 0 Å². The number of hydrogen-bond donors (Lipinski definition) is 3. The quantitative estimate of drug-likeness (QED) is 0.797. The molecule has 3 atom stereocenters. The molecule has 1 fully saturated rings. The number of rotatable bonds is 3. The van der Waals surface area contributed by atoms with Gasteiger partial charge >= 0.3 is 0 Å². The van der Waals surface area contributed by atoms with Gasteiger partial charge in [0, 0.05) is 24.1 Å². The Bertz CT molecular complexity index is 600. The molecule has 1 aliphatic carbocycles. The molecule has 1 saturated carbocycles. The first-order valence-corrected chi connectivity index (χ1v) is 8.01. The van der Waals surface area contributed by atoms with Crippen LogP contribution < -0.4 is 16.4 Å². The molecule has 3 unspecified atom stereocenters. The molecule has 22 heavy (non-hydrogen) atoms. The Labute approximate surface area is 130 Å². The number of nitrogens with one attached hydrogen (secondary N) is 2. The molecule has 1 aromatic carbocycles. The van der Waals surface area contributed by atoms with Crippen LogP contribution in [-0.4, -0.2) is 17.9 Å². The van der Waals surface area contributed by atoms with Crippen LogP contribution in [0, 0.1) is 5.92 Å². The number of carbonyl (C=O) groups excluding carboxylic acids is 2. The molecule has 118 valence electrons. The van der Waals surface area contributed by atoms with E-state index in [4.69, 9.17) is 5.73 Å². The van der Waals surface area contributed by atoms with Gasteiger partial charge in [-0.15, -0.1) is 0 Å². The molecule has 0 radical (unpaired) electrons. The summed E-state index contributed by atoms with van der Waals surface area (Å²) in [5, 5.41) is 5.97. The largest absolute Gasteiger partial charge is 0.349 e. The third-order valence-electron chi connectivity index (χ3n) is 4.73. The molecule has 1 aliphatic heterocycles. The summed E-state index contributed by atoms with van der Waals surface area (Å²) in [6.07, 6.45) is 3.89. The van der Waals surface area contributed by atoms with Crippen LogP contribution in [-0.2, 0) is 16.0 Å². The normalized spacial score (nSPS) is 25.3. The van der Waals surface area contributed by atoms with Crippen molar-refractivity contribution in [2.24, 2.45) is 11.7 Å². The Morgan fingerprint density at radius 3 is 2.91 bits per heavy atom. The van der Waals surface area contributed by atoms with Crippen molar-refractivity contribution in [3.63, 3.8) is 0 Å². The summed E-state index contributed by atoms with van der Waals surface area (Å²) in [4.78, 5) is 23.7. The Balaban J connectivity index is 1.66. The molecule has 5 nitrogen and oxygen atoms in total. The van der Waals surface area contributed by atoms with Crippen molar-refractivity contribution in [1.82, 2.24) is 5.32 Å². The summed E-state index contributed by atoms with van der Waals surface area (Å²) in [7, 11) is 0. The van der Waals surface area contributed by atoms with Gasteiger partial charge in [-0.25, -0.2) is 0 Å². The molecule has 5 heteroatoms. The van der Waals surface area contributed by atoms with Gasteiger partial charge < -0.3 is 16.4 Å². The molecule has 1 aromatic rings. The summed E-state index contributed by atoms with van der Waals surface area (Å²) in [5.41, 5.74) is 8.98. The lowest BCUT2D eigenvalue weighted by Crippen LogP contribution is -2.32. The van der Waals surface area contributed by atoms with Crippen molar-refractivity contribution in [1.29, 1.82) is 0 Å². The second kappa shape index (κ2) is 6.08. The van der Waals surface area contributed by atoms with Gasteiger partial charge in [0.2, 0.25) is 11.8 Å². The van der Waals surface area contributed by atoms with Crippen molar-refractivity contribution >= 4 is 17.5 Å². The van der Waals surface area contributed by atoms with Crippen LogP contribution in [0.25, 0.3) is 0 Å². The minimum Gasteiger partial charge on any atom is -0.349 e. The molecule has 1 heterocycles. The lowest BCUT2D eigenvalue weighted by molar-refractivity contribution is -0.125. The van der Waals surface area contributed by atoms with Crippen molar-refractivity contribution in [3.8, 4) is 0 Å². The molecule has 0 aromatic heterocycles. The van der Waals surface area contributed by atoms with Crippen LogP contribution in [0.3, 0.4) is 0 Å². The zero-order valence-corrected chi connectivity index (χ0v) is 12.9. The first-order valence-electron chi connectivity index (χ1n) is 8.01.